The number of carbonyl (C=O) groups is 1. The van der Waals surface area contributed by atoms with Gasteiger partial charge < -0.3 is 14.6 Å². The number of aromatic nitrogens is 2. The fourth-order valence-electron chi connectivity index (χ4n) is 2.32. The highest BCUT2D eigenvalue weighted by molar-refractivity contribution is 5.78. The van der Waals surface area contributed by atoms with Crippen molar-refractivity contribution >= 4 is 5.91 Å². The van der Waals surface area contributed by atoms with Gasteiger partial charge in [-0.2, -0.15) is 13.8 Å². The van der Waals surface area contributed by atoms with Crippen LogP contribution in [0.3, 0.4) is 0 Å². The van der Waals surface area contributed by atoms with Crippen LogP contribution in [-0.2, 0) is 11.3 Å². The Kier molecular flexibility index (Phi) is 7.02. The molecule has 2 rings (SSSR count). The van der Waals surface area contributed by atoms with E-state index in [1.54, 1.807) is 18.2 Å². The molecule has 0 aliphatic rings. The van der Waals surface area contributed by atoms with Crippen molar-refractivity contribution in [3.05, 3.63) is 30.2 Å². The van der Waals surface area contributed by atoms with Gasteiger partial charge in [0.05, 0.1) is 18.7 Å². The van der Waals surface area contributed by atoms with Crippen molar-refractivity contribution in [3.63, 3.8) is 0 Å². The van der Waals surface area contributed by atoms with Crippen LogP contribution in [0.25, 0.3) is 11.4 Å². The molecule has 0 radical (unpaired) electrons. The van der Waals surface area contributed by atoms with Gasteiger partial charge >= 0.3 is 6.61 Å². The fourth-order valence-corrected chi connectivity index (χ4v) is 2.32. The Balaban J connectivity index is 2.08. The lowest BCUT2D eigenvalue weighted by atomic mass is 10.2. The van der Waals surface area contributed by atoms with Crippen LogP contribution in [0, 0.1) is 0 Å². The quantitative estimate of drug-likeness (QED) is 0.733. The molecule has 0 bridgehead atoms. The van der Waals surface area contributed by atoms with E-state index in [0.29, 0.717) is 12.1 Å². The predicted octanol–water partition coefficient (Wildman–Crippen LogP) is 2.68. The van der Waals surface area contributed by atoms with Crippen LogP contribution >= 0.6 is 0 Å². The van der Waals surface area contributed by atoms with E-state index < -0.39 is 6.61 Å². The van der Waals surface area contributed by atoms with Crippen LogP contribution in [-0.4, -0.2) is 46.7 Å². The molecule has 9 heteroatoms. The van der Waals surface area contributed by atoms with E-state index in [9.17, 15) is 13.6 Å². The second kappa shape index (κ2) is 9.23. The molecule has 7 nitrogen and oxygen atoms in total. The standard InChI is InChI=1S/C17H22F2N4O3/c1-4-23(9-14(24)20-11(2)3)10-15-21-16(22-26-15)12-7-5-6-8-13(12)25-17(18)19/h5-8,11,17H,4,9-10H2,1-3H3,(H,20,24). The van der Waals surface area contributed by atoms with E-state index in [2.05, 4.69) is 20.2 Å². The van der Waals surface area contributed by atoms with Crippen molar-refractivity contribution < 1.29 is 22.8 Å². The van der Waals surface area contributed by atoms with Gasteiger partial charge in [0.2, 0.25) is 17.6 Å². The Bertz CT molecular complexity index is 722. The lowest BCUT2D eigenvalue weighted by molar-refractivity contribution is -0.122. The van der Waals surface area contributed by atoms with Crippen LogP contribution in [0.1, 0.15) is 26.7 Å². The number of amides is 1. The van der Waals surface area contributed by atoms with Gasteiger partial charge in [-0.05, 0) is 32.5 Å². The highest BCUT2D eigenvalue weighted by Gasteiger charge is 2.18. The number of halogens is 2. The number of ether oxygens (including phenoxy) is 1. The van der Waals surface area contributed by atoms with E-state index in [-0.39, 0.29) is 42.5 Å². The van der Waals surface area contributed by atoms with Crippen LogP contribution in [0.15, 0.2) is 28.8 Å². The largest absolute Gasteiger partial charge is 0.434 e. The first kappa shape index (κ1) is 19.8. The topological polar surface area (TPSA) is 80.5 Å². The molecule has 0 aliphatic carbocycles. The van der Waals surface area contributed by atoms with Gasteiger partial charge in [0.1, 0.15) is 5.75 Å². The van der Waals surface area contributed by atoms with Gasteiger partial charge in [-0.25, -0.2) is 0 Å². The molecule has 26 heavy (non-hydrogen) atoms. The molecule has 0 fully saturated rings. The summed E-state index contributed by atoms with van der Waals surface area (Å²) in [6, 6.07) is 6.28. The fraction of sp³-hybridized carbons (Fsp3) is 0.471. The second-order valence-corrected chi connectivity index (χ2v) is 5.91. The smallest absolute Gasteiger partial charge is 0.387 e. The van der Waals surface area contributed by atoms with Crippen molar-refractivity contribution in [3.8, 4) is 17.1 Å². The third kappa shape index (κ3) is 5.76. The predicted molar refractivity (Wildman–Crippen MR) is 90.6 cm³/mol. The van der Waals surface area contributed by atoms with Crippen molar-refractivity contribution in [2.24, 2.45) is 0 Å². The summed E-state index contributed by atoms with van der Waals surface area (Å²) < 4.78 is 34.7. The number of nitrogens with zero attached hydrogens (tertiary/aromatic N) is 3. The number of alkyl halides is 2. The minimum Gasteiger partial charge on any atom is -0.434 e. The summed E-state index contributed by atoms with van der Waals surface area (Å²) in [5.41, 5.74) is 0.309. The van der Waals surface area contributed by atoms with E-state index in [0.717, 1.165) is 0 Å². The third-order valence-corrected chi connectivity index (χ3v) is 3.44. The maximum Gasteiger partial charge on any atom is 0.387 e. The van der Waals surface area contributed by atoms with Crippen molar-refractivity contribution in [1.82, 2.24) is 20.4 Å². The number of rotatable bonds is 9. The molecule has 1 aromatic carbocycles. The Morgan fingerprint density at radius 1 is 1.35 bits per heavy atom. The maximum atomic E-state index is 12.5. The van der Waals surface area contributed by atoms with Crippen LogP contribution in [0.5, 0.6) is 5.75 Å². The zero-order valence-electron chi connectivity index (χ0n) is 14.9. The average molecular weight is 368 g/mol. The summed E-state index contributed by atoms with van der Waals surface area (Å²) in [6.07, 6.45) is 0. The van der Waals surface area contributed by atoms with Gasteiger partial charge in [-0.3, -0.25) is 9.69 Å². The molecular formula is C17H22F2N4O3. The van der Waals surface area contributed by atoms with Gasteiger partial charge in [0, 0.05) is 6.04 Å². The van der Waals surface area contributed by atoms with Crippen molar-refractivity contribution in [2.75, 3.05) is 13.1 Å². The number of nitrogens with one attached hydrogen (secondary N) is 1. The molecule has 0 saturated heterocycles. The molecule has 0 spiro atoms. The number of para-hydroxylation sites is 1. The first-order valence-corrected chi connectivity index (χ1v) is 8.27. The van der Waals surface area contributed by atoms with Gasteiger partial charge in [-0.1, -0.05) is 24.2 Å². The molecule has 2 aromatic rings. The summed E-state index contributed by atoms with van der Waals surface area (Å²) >= 11 is 0. The number of likely N-dealkylation sites (N-methyl/N-ethyl adjacent to an activating group) is 1. The van der Waals surface area contributed by atoms with E-state index in [4.69, 9.17) is 4.52 Å². The zero-order valence-corrected chi connectivity index (χ0v) is 14.9. The Hall–Kier alpha value is -2.55. The first-order chi connectivity index (χ1) is 12.4. The SMILES string of the molecule is CCN(CC(=O)NC(C)C)Cc1nc(-c2ccccc2OC(F)F)no1. The second-order valence-electron chi connectivity index (χ2n) is 5.91. The van der Waals surface area contributed by atoms with Gasteiger partial charge in [-0.15, -0.1) is 0 Å². The highest BCUT2D eigenvalue weighted by atomic mass is 19.3. The summed E-state index contributed by atoms with van der Waals surface area (Å²) in [6.45, 7) is 3.80. The molecule has 1 N–H and O–H groups in total. The van der Waals surface area contributed by atoms with E-state index in [1.165, 1.54) is 6.07 Å². The number of hydrogen-bond donors (Lipinski definition) is 1. The summed E-state index contributed by atoms with van der Waals surface area (Å²) in [4.78, 5) is 17.9. The maximum absolute atomic E-state index is 12.5. The lowest BCUT2D eigenvalue weighted by Gasteiger charge is -2.18. The van der Waals surface area contributed by atoms with E-state index >= 15 is 0 Å². The molecule has 0 aliphatic heterocycles. The first-order valence-electron chi connectivity index (χ1n) is 8.27. The van der Waals surface area contributed by atoms with E-state index in [1.807, 2.05) is 25.7 Å². The summed E-state index contributed by atoms with van der Waals surface area (Å²) in [7, 11) is 0. The lowest BCUT2D eigenvalue weighted by Crippen LogP contribution is -2.39. The van der Waals surface area contributed by atoms with Gasteiger partial charge in [0.25, 0.3) is 0 Å². The Labute approximate surface area is 150 Å². The molecule has 1 aromatic heterocycles. The highest BCUT2D eigenvalue weighted by Crippen LogP contribution is 2.28. The molecule has 0 atom stereocenters. The summed E-state index contributed by atoms with van der Waals surface area (Å²) in [5.74, 6) is 0.306. The number of carbonyl (C=O) groups excluding carboxylic acids is 1. The minimum atomic E-state index is -2.95. The Morgan fingerprint density at radius 2 is 2.08 bits per heavy atom. The Morgan fingerprint density at radius 3 is 2.73 bits per heavy atom. The van der Waals surface area contributed by atoms with Gasteiger partial charge in [0.15, 0.2) is 0 Å². The molecular weight excluding hydrogens is 346 g/mol. The monoisotopic (exact) mass is 368 g/mol. The molecule has 0 unspecified atom stereocenters. The number of hydrogen-bond acceptors (Lipinski definition) is 6. The summed E-state index contributed by atoms with van der Waals surface area (Å²) in [5, 5.41) is 6.65. The molecule has 0 saturated carbocycles. The number of benzene rings is 1. The molecule has 1 amide bonds. The van der Waals surface area contributed by atoms with Crippen LogP contribution in [0.4, 0.5) is 8.78 Å². The third-order valence-electron chi connectivity index (χ3n) is 3.44. The zero-order chi connectivity index (χ0) is 19.1. The molecule has 1 heterocycles. The van der Waals surface area contributed by atoms with Crippen LogP contribution < -0.4 is 10.1 Å². The normalized spacial score (nSPS) is 11.4. The van der Waals surface area contributed by atoms with Crippen LogP contribution in [0.2, 0.25) is 0 Å². The minimum absolute atomic E-state index is 0.0292. The average Bonchev–Trinajstić information content (AvgIpc) is 3.01. The molecule has 142 valence electrons. The van der Waals surface area contributed by atoms with Crippen molar-refractivity contribution in [1.29, 1.82) is 0 Å². The van der Waals surface area contributed by atoms with Crippen molar-refractivity contribution in [2.45, 2.75) is 40.0 Å².